The molecule has 11 heteroatoms. The average molecular weight is 562 g/mol. The van der Waals surface area contributed by atoms with Crippen molar-refractivity contribution in [2.75, 3.05) is 32.9 Å². The molecule has 4 rings (SSSR count). The molecule has 0 aromatic heterocycles. The molecule has 1 aromatic rings. The Morgan fingerprint density at radius 1 is 1.05 bits per heavy atom. The van der Waals surface area contributed by atoms with Gasteiger partial charge in [-0.25, -0.2) is 8.42 Å². The van der Waals surface area contributed by atoms with Gasteiger partial charge in [-0.2, -0.15) is 4.31 Å². The third-order valence-corrected chi connectivity index (χ3v) is 9.96. The van der Waals surface area contributed by atoms with E-state index < -0.39 is 40.1 Å². The van der Waals surface area contributed by atoms with Gasteiger partial charge in [0.1, 0.15) is 6.04 Å². The number of nitrogens with zero attached hydrogens (tertiary/aromatic N) is 2. The molecule has 216 valence electrons. The topological polar surface area (TPSA) is 128 Å². The summed E-state index contributed by atoms with van der Waals surface area (Å²) >= 11 is 0. The van der Waals surface area contributed by atoms with Crippen LogP contribution in [0.25, 0.3) is 0 Å². The van der Waals surface area contributed by atoms with Crippen LogP contribution in [0, 0.1) is 11.8 Å². The second-order valence-electron chi connectivity index (χ2n) is 11.2. The third-order valence-electron chi connectivity index (χ3n) is 8.69. The van der Waals surface area contributed by atoms with E-state index in [9.17, 15) is 22.8 Å². The fourth-order valence-corrected chi connectivity index (χ4v) is 7.61. The van der Waals surface area contributed by atoms with Crippen molar-refractivity contribution in [2.24, 2.45) is 11.8 Å². The van der Waals surface area contributed by atoms with Gasteiger partial charge in [-0.1, -0.05) is 49.6 Å². The number of carbonyl (C=O) groups is 3. The van der Waals surface area contributed by atoms with E-state index in [1.807, 2.05) is 30.3 Å². The number of likely N-dealkylation sites (N-methyl/N-ethyl adjacent to an activating group) is 1. The number of sulfonamides is 1. The standard InChI is InChI=1S/C28H43N5O5S/c1-19(29-2)26(34)31-24(21-12-8-5-9-13-21)28(36)32-17-15-23-25(32)22(18-33(23)39(3,37)38)27(35)30-16-14-20-10-6-4-7-11-20/h4,6-7,10-11,19,21-25,29H,5,8-9,12-18H2,1-3H3,(H,30,35)(H,31,34)/t19-,22-,23+,24-,25+/m0/s1. The Kier molecular flexibility index (Phi) is 9.66. The summed E-state index contributed by atoms with van der Waals surface area (Å²) in [4.78, 5) is 42.2. The summed E-state index contributed by atoms with van der Waals surface area (Å²) in [6.45, 7) is 2.58. The predicted octanol–water partition coefficient (Wildman–Crippen LogP) is 0.879. The summed E-state index contributed by atoms with van der Waals surface area (Å²) < 4.78 is 26.8. The molecule has 0 bridgehead atoms. The monoisotopic (exact) mass is 561 g/mol. The molecule has 1 aromatic carbocycles. The molecule has 2 heterocycles. The highest BCUT2D eigenvalue weighted by molar-refractivity contribution is 7.88. The van der Waals surface area contributed by atoms with Crippen molar-refractivity contribution in [3.8, 4) is 0 Å². The highest BCUT2D eigenvalue weighted by atomic mass is 32.2. The molecular formula is C28H43N5O5S. The van der Waals surface area contributed by atoms with Crippen molar-refractivity contribution >= 4 is 27.7 Å². The van der Waals surface area contributed by atoms with Crippen LogP contribution < -0.4 is 16.0 Å². The molecular weight excluding hydrogens is 518 g/mol. The molecule has 0 unspecified atom stereocenters. The Balaban J connectivity index is 1.54. The largest absolute Gasteiger partial charge is 0.355 e. The summed E-state index contributed by atoms with van der Waals surface area (Å²) in [5.74, 6) is -1.34. The summed E-state index contributed by atoms with van der Waals surface area (Å²) in [5, 5.41) is 8.93. The van der Waals surface area contributed by atoms with Crippen molar-refractivity contribution in [1.29, 1.82) is 0 Å². The van der Waals surface area contributed by atoms with Crippen LogP contribution in [0.5, 0.6) is 0 Å². The van der Waals surface area contributed by atoms with E-state index in [0.29, 0.717) is 25.9 Å². The van der Waals surface area contributed by atoms with Crippen LogP contribution in [0.3, 0.4) is 0 Å². The van der Waals surface area contributed by atoms with Crippen LogP contribution in [0.4, 0.5) is 0 Å². The Morgan fingerprint density at radius 3 is 2.38 bits per heavy atom. The van der Waals surface area contributed by atoms with E-state index in [2.05, 4.69) is 16.0 Å². The Hall–Kier alpha value is -2.50. The quantitative estimate of drug-likeness (QED) is 0.389. The van der Waals surface area contributed by atoms with Crippen LogP contribution >= 0.6 is 0 Å². The van der Waals surface area contributed by atoms with Gasteiger partial charge in [-0.05, 0) is 51.1 Å². The van der Waals surface area contributed by atoms with Crippen molar-refractivity contribution in [3.05, 3.63) is 35.9 Å². The van der Waals surface area contributed by atoms with Gasteiger partial charge in [-0.3, -0.25) is 14.4 Å². The molecule has 1 saturated carbocycles. The van der Waals surface area contributed by atoms with Gasteiger partial charge in [0.05, 0.1) is 24.3 Å². The van der Waals surface area contributed by atoms with Gasteiger partial charge >= 0.3 is 0 Å². The number of likely N-dealkylation sites (tertiary alicyclic amines) is 1. The molecule has 39 heavy (non-hydrogen) atoms. The molecule has 5 atom stereocenters. The molecule has 2 saturated heterocycles. The van der Waals surface area contributed by atoms with Crippen LogP contribution in [0.2, 0.25) is 0 Å². The summed E-state index contributed by atoms with van der Waals surface area (Å²) in [6.07, 6.45) is 7.12. The second-order valence-corrected chi connectivity index (χ2v) is 13.2. The third kappa shape index (κ3) is 6.81. The molecule has 3 aliphatic rings. The Morgan fingerprint density at radius 2 is 1.74 bits per heavy atom. The zero-order chi connectivity index (χ0) is 28.2. The highest BCUT2D eigenvalue weighted by Gasteiger charge is 2.56. The first-order chi connectivity index (χ1) is 18.6. The van der Waals surface area contributed by atoms with E-state index in [1.165, 1.54) is 4.31 Å². The lowest BCUT2D eigenvalue weighted by atomic mass is 9.83. The molecule has 2 aliphatic heterocycles. The first kappa shape index (κ1) is 29.5. The number of amides is 3. The number of rotatable bonds is 10. The van der Waals surface area contributed by atoms with E-state index in [1.54, 1.807) is 18.9 Å². The first-order valence-electron chi connectivity index (χ1n) is 14.2. The summed E-state index contributed by atoms with van der Waals surface area (Å²) in [5.41, 5.74) is 1.10. The zero-order valence-electron chi connectivity index (χ0n) is 23.3. The van der Waals surface area contributed by atoms with Gasteiger partial charge in [0, 0.05) is 25.7 Å². The Labute approximate surface area is 232 Å². The molecule has 3 amide bonds. The van der Waals surface area contributed by atoms with Crippen LogP contribution in [0.15, 0.2) is 30.3 Å². The van der Waals surface area contributed by atoms with Crippen LogP contribution in [-0.4, -0.2) is 92.4 Å². The number of nitrogens with one attached hydrogen (secondary N) is 3. The highest BCUT2D eigenvalue weighted by Crippen LogP contribution is 2.38. The number of benzene rings is 1. The van der Waals surface area contributed by atoms with Gasteiger partial charge in [0.15, 0.2) is 0 Å². The number of fused-ring (bicyclic) bond motifs is 1. The minimum absolute atomic E-state index is 0.0175. The number of hydrogen-bond acceptors (Lipinski definition) is 6. The minimum Gasteiger partial charge on any atom is -0.355 e. The molecule has 0 spiro atoms. The van der Waals surface area contributed by atoms with Gasteiger partial charge < -0.3 is 20.9 Å². The lowest BCUT2D eigenvalue weighted by molar-refractivity contribution is -0.141. The summed E-state index contributed by atoms with van der Waals surface area (Å²) in [6, 6.07) is 7.67. The molecule has 1 aliphatic carbocycles. The van der Waals surface area contributed by atoms with Crippen molar-refractivity contribution < 1.29 is 22.8 Å². The SMILES string of the molecule is CN[C@@H](C)C(=O)N[C@H](C(=O)N1CC[C@@H]2[C@H]1[C@@H](C(=O)NCCc1ccccc1)CN2S(C)(=O)=O)C1CCCCC1. The average Bonchev–Trinajstić information content (AvgIpc) is 3.52. The van der Waals surface area contributed by atoms with Crippen molar-refractivity contribution in [1.82, 2.24) is 25.2 Å². The minimum atomic E-state index is -3.57. The van der Waals surface area contributed by atoms with Crippen molar-refractivity contribution in [2.45, 2.75) is 76.0 Å². The van der Waals surface area contributed by atoms with Crippen molar-refractivity contribution in [3.63, 3.8) is 0 Å². The van der Waals surface area contributed by atoms with E-state index in [4.69, 9.17) is 0 Å². The fourth-order valence-electron chi connectivity index (χ4n) is 6.45. The van der Waals surface area contributed by atoms with E-state index in [-0.39, 0.29) is 30.2 Å². The van der Waals surface area contributed by atoms with Gasteiger partial charge in [0.2, 0.25) is 27.7 Å². The smallest absolute Gasteiger partial charge is 0.245 e. The maximum atomic E-state index is 14.1. The van der Waals surface area contributed by atoms with Gasteiger partial charge in [0.25, 0.3) is 0 Å². The molecule has 0 radical (unpaired) electrons. The number of carbonyl (C=O) groups excluding carboxylic acids is 3. The van der Waals surface area contributed by atoms with E-state index in [0.717, 1.165) is 43.9 Å². The van der Waals surface area contributed by atoms with Crippen LogP contribution in [-0.2, 0) is 30.8 Å². The fraction of sp³-hybridized carbons (Fsp3) is 0.679. The van der Waals surface area contributed by atoms with Gasteiger partial charge in [-0.15, -0.1) is 0 Å². The maximum Gasteiger partial charge on any atom is 0.245 e. The Bertz CT molecular complexity index is 1120. The maximum absolute atomic E-state index is 14.1. The predicted molar refractivity (Wildman–Crippen MR) is 149 cm³/mol. The molecule has 10 nitrogen and oxygen atoms in total. The zero-order valence-corrected chi connectivity index (χ0v) is 24.1. The number of hydrogen-bond donors (Lipinski definition) is 3. The normalized spacial score (nSPS) is 25.6. The second kappa shape index (κ2) is 12.8. The molecule has 3 fully saturated rings. The van der Waals surface area contributed by atoms with Crippen LogP contribution in [0.1, 0.15) is 51.0 Å². The summed E-state index contributed by atoms with van der Waals surface area (Å²) in [7, 11) is -1.87. The first-order valence-corrected chi connectivity index (χ1v) is 16.0. The lowest BCUT2D eigenvalue weighted by Gasteiger charge is -2.36. The molecule has 3 N–H and O–H groups in total. The lowest BCUT2D eigenvalue weighted by Crippen LogP contribution is -2.58. The van der Waals surface area contributed by atoms with E-state index >= 15 is 0 Å².